The first-order chi connectivity index (χ1) is 14.1. The van der Waals surface area contributed by atoms with Crippen LogP contribution in [0.1, 0.15) is 5.56 Å². The standard InChI is InChI=1S/C19H20N8O2/c1-14-5-7-20-15(12-14)24-18-17(27(28)29)19(23-13-22-18)26-10-8-25(9-11-26)16-4-2-3-6-21-16/h2-7,12-13H,8-11H2,1H3,(H,20,22,23,24). The van der Waals surface area contributed by atoms with Gasteiger partial charge in [0.15, 0.2) is 0 Å². The molecule has 0 radical (unpaired) electrons. The summed E-state index contributed by atoms with van der Waals surface area (Å²) < 4.78 is 0. The van der Waals surface area contributed by atoms with Crippen LogP contribution >= 0.6 is 0 Å². The zero-order valence-corrected chi connectivity index (χ0v) is 15.9. The quantitative estimate of drug-likeness (QED) is 0.517. The smallest absolute Gasteiger partial charge is 0.353 e. The Morgan fingerprint density at radius 1 is 1.00 bits per heavy atom. The van der Waals surface area contributed by atoms with Crippen LogP contribution in [-0.2, 0) is 0 Å². The van der Waals surface area contributed by atoms with E-state index in [0.717, 1.165) is 11.4 Å². The lowest BCUT2D eigenvalue weighted by molar-refractivity contribution is -0.383. The van der Waals surface area contributed by atoms with E-state index in [9.17, 15) is 10.1 Å². The van der Waals surface area contributed by atoms with Crippen molar-refractivity contribution in [3.63, 3.8) is 0 Å². The van der Waals surface area contributed by atoms with Gasteiger partial charge in [-0.1, -0.05) is 6.07 Å². The molecule has 0 bridgehead atoms. The first-order valence-electron chi connectivity index (χ1n) is 9.22. The predicted octanol–water partition coefficient (Wildman–Crippen LogP) is 2.55. The van der Waals surface area contributed by atoms with Crippen LogP contribution < -0.4 is 15.1 Å². The van der Waals surface area contributed by atoms with Gasteiger partial charge in [0.2, 0.25) is 11.6 Å². The third-order valence-electron chi connectivity index (χ3n) is 4.70. The number of nitrogens with zero attached hydrogens (tertiary/aromatic N) is 7. The third-order valence-corrected chi connectivity index (χ3v) is 4.70. The van der Waals surface area contributed by atoms with E-state index in [-0.39, 0.29) is 11.5 Å². The molecule has 0 amide bonds. The number of pyridine rings is 2. The number of aryl methyl sites for hydroxylation is 1. The highest BCUT2D eigenvalue weighted by Gasteiger charge is 2.29. The van der Waals surface area contributed by atoms with Crippen LogP contribution in [0.15, 0.2) is 49.1 Å². The topological polar surface area (TPSA) is 113 Å². The monoisotopic (exact) mass is 392 g/mol. The number of anilines is 4. The fourth-order valence-electron chi connectivity index (χ4n) is 3.27. The molecule has 4 rings (SSSR count). The maximum absolute atomic E-state index is 11.8. The van der Waals surface area contributed by atoms with Crippen molar-refractivity contribution in [3.8, 4) is 0 Å². The summed E-state index contributed by atoms with van der Waals surface area (Å²) in [5, 5.41) is 14.8. The minimum Gasteiger partial charge on any atom is -0.353 e. The van der Waals surface area contributed by atoms with Crippen LogP contribution in [0.3, 0.4) is 0 Å². The Morgan fingerprint density at radius 3 is 2.48 bits per heavy atom. The summed E-state index contributed by atoms with van der Waals surface area (Å²) in [5.41, 5.74) is 0.840. The fraction of sp³-hybridized carbons (Fsp3) is 0.263. The average molecular weight is 392 g/mol. The molecule has 0 aliphatic carbocycles. The van der Waals surface area contributed by atoms with Crippen LogP contribution in [0, 0.1) is 17.0 Å². The number of hydrogen-bond acceptors (Lipinski definition) is 9. The molecule has 1 saturated heterocycles. The molecular weight excluding hydrogens is 372 g/mol. The van der Waals surface area contributed by atoms with Crippen molar-refractivity contribution in [3.05, 3.63) is 64.7 Å². The van der Waals surface area contributed by atoms with Gasteiger partial charge in [-0.2, -0.15) is 0 Å². The molecule has 148 valence electrons. The molecular formula is C19H20N8O2. The fourth-order valence-corrected chi connectivity index (χ4v) is 3.27. The van der Waals surface area contributed by atoms with E-state index in [1.54, 1.807) is 18.5 Å². The summed E-state index contributed by atoms with van der Waals surface area (Å²) in [7, 11) is 0. The van der Waals surface area contributed by atoms with Crippen molar-refractivity contribution < 1.29 is 4.92 Å². The normalized spacial score (nSPS) is 14.0. The Kier molecular flexibility index (Phi) is 5.14. The van der Waals surface area contributed by atoms with E-state index in [2.05, 4.69) is 30.2 Å². The molecule has 4 heterocycles. The number of nitro groups is 1. The first kappa shape index (κ1) is 18.5. The predicted molar refractivity (Wildman–Crippen MR) is 110 cm³/mol. The number of piperazine rings is 1. The Morgan fingerprint density at radius 2 is 1.79 bits per heavy atom. The van der Waals surface area contributed by atoms with Crippen molar-refractivity contribution in [2.24, 2.45) is 0 Å². The number of hydrogen-bond donors (Lipinski definition) is 1. The summed E-state index contributed by atoms with van der Waals surface area (Å²) in [6.07, 6.45) is 4.74. The lowest BCUT2D eigenvalue weighted by Crippen LogP contribution is -2.47. The molecule has 0 spiro atoms. The van der Waals surface area contributed by atoms with E-state index in [4.69, 9.17) is 0 Å². The van der Waals surface area contributed by atoms with Gasteiger partial charge in [-0.15, -0.1) is 0 Å². The molecule has 29 heavy (non-hydrogen) atoms. The Bertz CT molecular complexity index is 1010. The van der Waals surface area contributed by atoms with Gasteiger partial charge in [0.25, 0.3) is 0 Å². The van der Waals surface area contributed by atoms with Crippen molar-refractivity contribution >= 4 is 29.0 Å². The average Bonchev–Trinajstić information content (AvgIpc) is 2.74. The van der Waals surface area contributed by atoms with Gasteiger partial charge in [0.1, 0.15) is 18.0 Å². The molecule has 3 aromatic rings. The lowest BCUT2D eigenvalue weighted by atomic mass is 10.2. The van der Waals surface area contributed by atoms with Crippen LogP contribution in [0.2, 0.25) is 0 Å². The minimum absolute atomic E-state index is 0.130. The summed E-state index contributed by atoms with van der Waals surface area (Å²) in [5.74, 6) is 1.83. The Balaban J connectivity index is 1.57. The van der Waals surface area contributed by atoms with E-state index in [1.165, 1.54) is 6.33 Å². The minimum atomic E-state index is -0.446. The van der Waals surface area contributed by atoms with Crippen molar-refractivity contribution in [1.82, 2.24) is 19.9 Å². The van der Waals surface area contributed by atoms with E-state index in [1.807, 2.05) is 36.1 Å². The second-order valence-electron chi connectivity index (χ2n) is 6.66. The summed E-state index contributed by atoms with van der Waals surface area (Å²) in [6.45, 7) is 4.50. The van der Waals surface area contributed by atoms with Gasteiger partial charge >= 0.3 is 5.69 Å². The summed E-state index contributed by atoms with van der Waals surface area (Å²) in [6, 6.07) is 9.44. The van der Waals surface area contributed by atoms with E-state index < -0.39 is 4.92 Å². The summed E-state index contributed by atoms with van der Waals surface area (Å²) >= 11 is 0. The zero-order valence-electron chi connectivity index (χ0n) is 15.9. The molecule has 0 atom stereocenters. The molecule has 1 aliphatic heterocycles. The molecule has 0 aromatic carbocycles. The largest absolute Gasteiger partial charge is 0.353 e. The number of rotatable bonds is 5. The van der Waals surface area contributed by atoms with E-state index >= 15 is 0 Å². The van der Waals surface area contributed by atoms with Crippen LogP contribution in [0.5, 0.6) is 0 Å². The molecule has 1 N–H and O–H groups in total. The second kappa shape index (κ2) is 8.05. The van der Waals surface area contributed by atoms with Gasteiger partial charge in [-0.25, -0.2) is 19.9 Å². The number of aromatic nitrogens is 4. The van der Waals surface area contributed by atoms with Crippen LogP contribution in [0.4, 0.5) is 29.0 Å². The highest BCUT2D eigenvalue weighted by molar-refractivity contribution is 5.73. The van der Waals surface area contributed by atoms with Crippen molar-refractivity contribution in [1.29, 1.82) is 0 Å². The molecule has 3 aromatic heterocycles. The van der Waals surface area contributed by atoms with Gasteiger partial charge < -0.3 is 15.1 Å². The Hall–Kier alpha value is -3.82. The maximum atomic E-state index is 11.8. The van der Waals surface area contributed by atoms with Crippen LogP contribution in [-0.4, -0.2) is 51.0 Å². The zero-order chi connectivity index (χ0) is 20.2. The molecule has 10 nitrogen and oxygen atoms in total. The SMILES string of the molecule is Cc1ccnc(Nc2ncnc(N3CCN(c4ccccn4)CC3)c2[N+](=O)[O-])c1. The molecule has 1 fully saturated rings. The molecule has 0 saturated carbocycles. The lowest BCUT2D eigenvalue weighted by Gasteiger charge is -2.35. The van der Waals surface area contributed by atoms with Crippen molar-refractivity contribution in [2.45, 2.75) is 6.92 Å². The maximum Gasteiger partial charge on any atom is 0.353 e. The highest BCUT2D eigenvalue weighted by atomic mass is 16.6. The third kappa shape index (κ3) is 4.05. The second-order valence-corrected chi connectivity index (χ2v) is 6.66. The van der Waals surface area contributed by atoms with Gasteiger partial charge in [-0.05, 0) is 36.8 Å². The van der Waals surface area contributed by atoms with Gasteiger partial charge in [0, 0.05) is 38.6 Å². The number of nitrogens with one attached hydrogen (secondary N) is 1. The van der Waals surface area contributed by atoms with E-state index in [0.29, 0.717) is 37.8 Å². The molecule has 1 aliphatic rings. The van der Waals surface area contributed by atoms with Crippen LogP contribution in [0.25, 0.3) is 0 Å². The van der Waals surface area contributed by atoms with Gasteiger partial charge in [0.05, 0.1) is 4.92 Å². The highest BCUT2D eigenvalue weighted by Crippen LogP contribution is 2.34. The molecule has 10 heteroatoms. The Labute approximate surface area is 167 Å². The van der Waals surface area contributed by atoms with Crippen molar-refractivity contribution in [2.75, 3.05) is 41.3 Å². The summed E-state index contributed by atoms with van der Waals surface area (Å²) in [4.78, 5) is 32.3. The molecule has 0 unspecified atom stereocenters. The first-order valence-corrected chi connectivity index (χ1v) is 9.22. The van der Waals surface area contributed by atoms with Gasteiger partial charge in [-0.3, -0.25) is 10.1 Å².